The van der Waals surface area contributed by atoms with Gasteiger partial charge in [-0.05, 0) is 46.9 Å². The highest BCUT2D eigenvalue weighted by atomic mass is 16.7. The van der Waals surface area contributed by atoms with Gasteiger partial charge >= 0.3 is 0 Å². The van der Waals surface area contributed by atoms with Crippen LogP contribution in [0.1, 0.15) is 33.4 Å². The fourth-order valence-electron chi connectivity index (χ4n) is 6.06. The summed E-state index contributed by atoms with van der Waals surface area (Å²) in [5.74, 6) is 0.187. The summed E-state index contributed by atoms with van der Waals surface area (Å²) in [7, 11) is 4.52. The second-order valence-corrected chi connectivity index (χ2v) is 13.6. The highest BCUT2D eigenvalue weighted by molar-refractivity contribution is 5.80. The summed E-state index contributed by atoms with van der Waals surface area (Å²) in [6.07, 6.45) is -3.75. The Hall–Kier alpha value is -4.91. The molecule has 0 saturated carbocycles. The maximum atomic E-state index is 14.3. The van der Waals surface area contributed by atoms with Gasteiger partial charge < -0.3 is 33.5 Å². The third kappa shape index (κ3) is 12.8. The van der Waals surface area contributed by atoms with Crippen molar-refractivity contribution in [1.82, 2.24) is 5.06 Å². The van der Waals surface area contributed by atoms with Crippen molar-refractivity contribution in [2.45, 2.75) is 63.9 Å². The van der Waals surface area contributed by atoms with Crippen molar-refractivity contribution in [1.29, 1.82) is 0 Å². The monoisotopic (exact) mass is 763 g/mol. The van der Waals surface area contributed by atoms with Crippen molar-refractivity contribution in [3.63, 3.8) is 0 Å². The van der Waals surface area contributed by atoms with Gasteiger partial charge in [0.1, 0.15) is 23.6 Å². The van der Waals surface area contributed by atoms with E-state index in [1.165, 1.54) is 14.2 Å². The molecule has 1 amide bonds. The lowest BCUT2D eigenvalue weighted by Crippen LogP contribution is -2.62. The lowest BCUT2D eigenvalue weighted by molar-refractivity contribution is -0.243. The molecule has 0 radical (unpaired) electrons. The van der Waals surface area contributed by atoms with Gasteiger partial charge in [0.15, 0.2) is 6.10 Å². The van der Waals surface area contributed by atoms with Gasteiger partial charge in [-0.2, -0.15) is 0 Å². The highest BCUT2D eigenvalue weighted by Gasteiger charge is 2.50. The standard InChI is InChI=1S/C46H53NO9/c1-35-20-22-39(23-21-35)28-52-33-46(49,34-53-29-40-24-26-41(50-3)27-25-40)44(56-32-38-18-12-7-13-19-38)42(54-30-36-14-8-5-9-15-36)43(45(48)47(2)51-4)55-31-37-16-10-6-11-17-37/h5-27,42-44,49H,28-34H2,1-4H3/t42-,43-,44+,46?/m1/s1. The van der Waals surface area contributed by atoms with Crippen molar-refractivity contribution >= 4 is 5.91 Å². The largest absolute Gasteiger partial charge is 0.497 e. The Labute approximate surface area is 330 Å². The van der Waals surface area contributed by atoms with Gasteiger partial charge in [-0.15, -0.1) is 0 Å². The fourth-order valence-corrected chi connectivity index (χ4v) is 6.06. The topological polar surface area (TPSA) is 105 Å². The lowest BCUT2D eigenvalue weighted by Gasteiger charge is -2.42. The molecule has 0 saturated heterocycles. The zero-order chi connectivity index (χ0) is 39.6. The molecule has 0 aliphatic heterocycles. The maximum absolute atomic E-state index is 14.3. The number of hydrogen-bond acceptors (Lipinski definition) is 9. The first-order valence-corrected chi connectivity index (χ1v) is 18.6. The smallest absolute Gasteiger partial charge is 0.277 e. The van der Waals surface area contributed by atoms with Crippen LogP contribution in [0, 0.1) is 6.92 Å². The number of methoxy groups -OCH3 is 1. The molecule has 4 atom stereocenters. The molecule has 296 valence electrons. The number of nitrogens with zero attached hydrogens (tertiary/aromatic N) is 1. The van der Waals surface area contributed by atoms with Crippen LogP contribution < -0.4 is 4.74 Å². The predicted octanol–water partition coefficient (Wildman–Crippen LogP) is 7.24. The summed E-state index contributed by atoms with van der Waals surface area (Å²) in [5, 5.41) is 14.1. The molecule has 0 spiro atoms. The number of hydrogen-bond donors (Lipinski definition) is 1. The second-order valence-electron chi connectivity index (χ2n) is 13.6. The Morgan fingerprint density at radius 3 is 1.48 bits per heavy atom. The van der Waals surface area contributed by atoms with Gasteiger partial charge in [0.25, 0.3) is 5.91 Å². The van der Waals surface area contributed by atoms with Crippen LogP contribution in [0.15, 0.2) is 140 Å². The Morgan fingerprint density at radius 2 is 1.02 bits per heavy atom. The van der Waals surface area contributed by atoms with E-state index >= 15 is 0 Å². The van der Waals surface area contributed by atoms with Crippen LogP contribution in [0.2, 0.25) is 0 Å². The number of benzene rings is 5. The van der Waals surface area contributed by atoms with Crippen molar-refractivity contribution in [2.75, 3.05) is 34.5 Å². The number of amides is 1. The molecule has 10 heteroatoms. The molecule has 1 N–H and O–H groups in total. The Kier molecular flexibility index (Phi) is 16.6. The Balaban J connectivity index is 1.56. The lowest BCUT2D eigenvalue weighted by atomic mass is 9.90. The first-order valence-electron chi connectivity index (χ1n) is 18.6. The van der Waals surface area contributed by atoms with Gasteiger partial charge in [0.2, 0.25) is 0 Å². The van der Waals surface area contributed by atoms with E-state index in [9.17, 15) is 9.90 Å². The van der Waals surface area contributed by atoms with E-state index in [4.69, 9.17) is 33.3 Å². The first-order chi connectivity index (χ1) is 27.3. The normalized spacial score (nSPS) is 14.0. The molecule has 0 heterocycles. The van der Waals surface area contributed by atoms with Crippen molar-refractivity contribution in [3.05, 3.63) is 173 Å². The van der Waals surface area contributed by atoms with E-state index in [-0.39, 0.29) is 46.2 Å². The summed E-state index contributed by atoms with van der Waals surface area (Å²) < 4.78 is 37.9. The summed E-state index contributed by atoms with van der Waals surface area (Å²) in [4.78, 5) is 19.7. The number of hydroxylamine groups is 2. The van der Waals surface area contributed by atoms with E-state index in [0.717, 1.165) is 44.2 Å². The zero-order valence-corrected chi connectivity index (χ0v) is 32.6. The minimum Gasteiger partial charge on any atom is -0.497 e. The van der Waals surface area contributed by atoms with Gasteiger partial charge in [-0.25, -0.2) is 5.06 Å². The van der Waals surface area contributed by atoms with Crippen LogP contribution in [0.3, 0.4) is 0 Å². The average Bonchev–Trinajstić information content (AvgIpc) is 3.24. The third-order valence-corrected chi connectivity index (χ3v) is 9.31. The Morgan fingerprint density at radius 1 is 0.589 bits per heavy atom. The molecular formula is C46H53NO9. The van der Waals surface area contributed by atoms with Crippen LogP contribution in [0.25, 0.3) is 0 Å². The molecule has 0 bridgehead atoms. The van der Waals surface area contributed by atoms with Gasteiger partial charge in [0.05, 0.1) is 60.5 Å². The third-order valence-electron chi connectivity index (χ3n) is 9.31. The molecule has 5 rings (SSSR count). The molecule has 0 fully saturated rings. The van der Waals surface area contributed by atoms with E-state index in [1.807, 2.05) is 146 Å². The van der Waals surface area contributed by atoms with Crippen LogP contribution in [0.5, 0.6) is 5.75 Å². The van der Waals surface area contributed by atoms with Crippen molar-refractivity contribution < 1.29 is 43.2 Å². The van der Waals surface area contributed by atoms with Crippen LogP contribution in [-0.4, -0.2) is 74.5 Å². The number of likely N-dealkylation sites (N-methyl/N-ethyl adjacent to an activating group) is 1. The van der Waals surface area contributed by atoms with Gasteiger partial charge in [-0.1, -0.05) is 133 Å². The summed E-state index contributed by atoms with van der Waals surface area (Å²) >= 11 is 0. The highest BCUT2D eigenvalue weighted by Crippen LogP contribution is 2.29. The van der Waals surface area contributed by atoms with E-state index in [1.54, 1.807) is 7.11 Å². The Bertz CT molecular complexity index is 1840. The molecule has 5 aromatic rings. The second kappa shape index (κ2) is 22.0. The molecule has 1 unspecified atom stereocenters. The van der Waals surface area contributed by atoms with E-state index in [2.05, 4.69) is 0 Å². The summed E-state index contributed by atoms with van der Waals surface area (Å²) in [6.45, 7) is 2.17. The fraction of sp³-hybridized carbons (Fsp3) is 0.326. The molecule has 5 aromatic carbocycles. The first kappa shape index (κ1) is 42.2. The SMILES string of the molecule is COc1ccc(COCC(O)(COCc2ccc(C)cc2)[C@@H](OCc2ccccc2)[C@H](OCc2ccccc2)[C@@H](OCc2ccccc2)C(=O)N(C)OC)cc1. The number of carbonyl (C=O) groups is 1. The van der Waals surface area contributed by atoms with Crippen LogP contribution in [-0.2, 0) is 66.4 Å². The molecule has 10 nitrogen and oxygen atoms in total. The van der Waals surface area contributed by atoms with Gasteiger partial charge in [0, 0.05) is 7.05 Å². The minimum absolute atomic E-state index is 0.0712. The molecular weight excluding hydrogens is 711 g/mol. The maximum Gasteiger partial charge on any atom is 0.277 e. The van der Waals surface area contributed by atoms with Crippen LogP contribution in [0.4, 0.5) is 0 Å². The van der Waals surface area contributed by atoms with Gasteiger partial charge in [-0.3, -0.25) is 9.63 Å². The number of rotatable bonds is 23. The van der Waals surface area contributed by atoms with E-state index in [0.29, 0.717) is 0 Å². The molecule has 56 heavy (non-hydrogen) atoms. The zero-order valence-electron chi connectivity index (χ0n) is 32.6. The van der Waals surface area contributed by atoms with E-state index < -0.39 is 29.8 Å². The molecule has 0 aromatic heterocycles. The average molecular weight is 764 g/mol. The molecule has 0 aliphatic rings. The number of aliphatic hydroxyl groups is 1. The van der Waals surface area contributed by atoms with Crippen molar-refractivity contribution in [2.24, 2.45) is 0 Å². The van der Waals surface area contributed by atoms with Crippen LogP contribution >= 0.6 is 0 Å². The number of aryl methyl sites for hydroxylation is 1. The summed E-state index contributed by atoms with van der Waals surface area (Å²) in [5.41, 5.74) is 3.58. The predicted molar refractivity (Wildman–Crippen MR) is 213 cm³/mol. The minimum atomic E-state index is -1.88. The summed E-state index contributed by atoms with van der Waals surface area (Å²) in [6, 6.07) is 44.2. The molecule has 0 aliphatic carbocycles. The number of carbonyl (C=O) groups excluding carboxylic acids is 1. The number of ether oxygens (including phenoxy) is 6. The quantitative estimate of drug-likeness (QED) is 0.0690. The van der Waals surface area contributed by atoms with Crippen molar-refractivity contribution in [3.8, 4) is 5.75 Å².